The number of carbonyl (C=O) groups is 4. The molecule has 0 aromatic heterocycles. The lowest BCUT2D eigenvalue weighted by Crippen LogP contribution is -2.47. The third-order valence-electron chi connectivity index (χ3n) is 3.36. The highest BCUT2D eigenvalue weighted by molar-refractivity contribution is 6.01. The molecule has 1 atom stereocenters. The van der Waals surface area contributed by atoms with Gasteiger partial charge in [-0.3, -0.25) is 20.4 Å². The van der Waals surface area contributed by atoms with Crippen LogP contribution in [0, 0.1) is 0 Å². The van der Waals surface area contributed by atoms with E-state index in [-0.39, 0.29) is 25.3 Å². The van der Waals surface area contributed by atoms with E-state index >= 15 is 0 Å². The summed E-state index contributed by atoms with van der Waals surface area (Å²) in [5.41, 5.74) is -2.26. The molecule has 0 radical (unpaired) electrons. The summed E-state index contributed by atoms with van der Waals surface area (Å²) in [5.74, 6) is -1.26. The van der Waals surface area contributed by atoms with Crippen LogP contribution in [0.5, 0.6) is 0 Å². The van der Waals surface area contributed by atoms with Gasteiger partial charge in [-0.05, 0) is 75.2 Å². The summed E-state index contributed by atoms with van der Waals surface area (Å²) in [6.07, 6.45) is -2.07. The van der Waals surface area contributed by atoms with Crippen molar-refractivity contribution in [2.24, 2.45) is 4.99 Å². The van der Waals surface area contributed by atoms with Crippen LogP contribution in [0.1, 0.15) is 81.6 Å². The Kier molecular flexibility index (Phi) is 11.8. The average Bonchev–Trinajstić information content (AvgIpc) is 2.52. The quantitative estimate of drug-likeness (QED) is 0.183. The van der Waals surface area contributed by atoms with Crippen LogP contribution in [0.2, 0.25) is 0 Å². The first-order valence-corrected chi connectivity index (χ1v) is 11.0. The third kappa shape index (κ3) is 18.5. The molecule has 0 fully saturated rings. The summed E-state index contributed by atoms with van der Waals surface area (Å²) >= 11 is 0. The van der Waals surface area contributed by atoms with Crippen LogP contribution in [0.3, 0.4) is 0 Å². The molecule has 12 nitrogen and oxygen atoms in total. The van der Waals surface area contributed by atoms with E-state index in [2.05, 4.69) is 20.9 Å². The number of amides is 3. The Labute approximate surface area is 201 Å². The molecule has 3 amide bonds. The van der Waals surface area contributed by atoms with E-state index in [4.69, 9.17) is 19.3 Å². The summed E-state index contributed by atoms with van der Waals surface area (Å²) in [4.78, 5) is 51.5. The number of nitrogens with zero attached hydrogens (tertiary/aromatic N) is 1. The number of carbonyl (C=O) groups excluding carboxylic acids is 3. The fourth-order valence-electron chi connectivity index (χ4n) is 2.35. The van der Waals surface area contributed by atoms with Crippen LogP contribution >= 0.6 is 0 Å². The lowest BCUT2D eigenvalue weighted by Gasteiger charge is -2.23. The average molecular weight is 489 g/mol. The van der Waals surface area contributed by atoms with Crippen molar-refractivity contribution >= 4 is 30.2 Å². The summed E-state index contributed by atoms with van der Waals surface area (Å²) < 4.78 is 15.5. The van der Waals surface area contributed by atoms with Crippen LogP contribution in [-0.2, 0) is 19.0 Å². The second-order valence-corrected chi connectivity index (χ2v) is 10.6. The molecule has 34 heavy (non-hydrogen) atoms. The normalized spacial score (nSPS) is 12.6. The predicted octanol–water partition coefficient (Wildman–Crippen LogP) is 3.54. The number of aliphatic imine (C=N–C) groups is 1. The monoisotopic (exact) mass is 488 g/mol. The molecule has 0 rings (SSSR count). The summed E-state index contributed by atoms with van der Waals surface area (Å²) in [7, 11) is 0. The molecular weight excluding hydrogens is 448 g/mol. The highest BCUT2D eigenvalue weighted by Crippen LogP contribution is 2.10. The largest absolute Gasteiger partial charge is 0.481 e. The molecule has 0 heterocycles. The molecule has 0 aliphatic carbocycles. The highest BCUT2D eigenvalue weighted by Gasteiger charge is 2.23. The maximum absolute atomic E-state index is 12.1. The summed E-state index contributed by atoms with van der Waals surface area (Å²) in [6, 6.07) is -0.691. The molecule has 0 saturated carbocycles. The van der Waals surface area contributed by atoms with Gasteiger partial charge in [0.1, 0.15) is 16.8 Å². The van der Waals surface area contributed by atoms with E-state index in [0.29, 0.717) is 6.42 Å². The van der Waals surface area contributed by atoms with Gasteiger partial charge in [-0.25, -0.2) is 14.4 Å². The zero-order valence-electron chi connectivity index (χ0n) is 21.7. The first kappa shape index (κ1) is 30.9. The number of guanidine groups is 1. The number of carboxylic acids is 1. The molecule has 0 aromatic rings. The molecule has 4 N–H and O–H groups in total. The number of aliphatic carboxylic acids is 1. The fourth-order valence-corrected chi connectivity index (χ4v) is 2.35. The Morgan fingerprint density at radius 2 is 1.18 bits per heavy atom. The zero-order chi connectivity index (χ0) is 26.7. The number of carboxylic acid groups (broad SMARTS) is 1. The predicted molar refractivity (Wildman–Crippen MR) is 126 cm³/mol. The smallest absolute Gasteiger partial charge is 0.414 e. The first-order chi connectivity index (χ1) is 15.3. The Hall–Kier alpha value is -3.05. The SMILES string of the molecule is CC(C)(C)OC(=O)NC(=NCCC[C@@H](CC(=O)O)NC(=O)OC(C)(C)C)NC(=O)OC(C)(C)C. The fraction of sp³-hybridized carbons (Fsp3) is 0.773. The van der Waals surface area contributed by atoms with Crippen LogP contribution < -0.4 is 16.0 Å². The Morgan fingerprint density at radius 1 is 0.765 bits per heavy atom. The first-order valence-electron chi connectivity index (χ1n) is 11.0. The van der Waals surface area contributed by atoms with Crippen molar-refractivity contribution in [3.05, 3.63) is 0 Å². The number of rotatable bonds is 7. The van der Waals surface area contributed by atoms with E-state index < -0.39 is 47.1 Å². The van der Waals surface area contributed by atoms with Crippen molar-refractivity contribution in [1.29, 1.82) is 0 Å². The van der Waals surface area contributed by atoms with Gasteiger partial charge >= 0.3 is 24.2 Å². The van der Waals surface area contributed by atoms with Crippen LogP contribution in [0.15, 0.2) is 4.99 Å². The van der Waals surface area contributed by atoms with Crippen molar-refractivity contribution in [2.75, 3.05) is 6.54 Å². The van der Waals surface area contributed by atoms with E-state index in [9.17, 15) is 19.2 Å². The molecular formula is C22H40N4O8. The number of ether oxygens (including phenoxy) is 3. The van der Waals surface area contributed by atoms with Gasteiger partial charge < -0.3 is 24.6 Å². The van der Waals surface area contributed by atoms with Crippen LogP contribution in [0.25, 0.3) is 0 Å². The van der Waals surface area contributed by atoms with Crippen molar-refractivity contribution in [1.82, 2.24) is 16.0 Å². The summed E-state index contributed by atoms with van der Waals surface area (Å²) in [5, 5.41) is 16.4. The number of nitrogens with one attached hydrogen (secondary N) is 3. The van der Waals surface area contributed by atoms with Gasteiger partial charge in [0.2, 0.25) is 5.96 Å². The van der Waals surface area contributed by atoms with Gasteiger partial charge in [0, 0.05) is 12.6 Å². The maximum Gasteiger partial charge on any atom is 0.414 e. The second kappa shape index (κ2) is 13.0. The van der Waals surface area contributed by atoms with Gasteiger partial charge in [0.25, 0.3) is 0 Å². The number of hydrogen-bond acceptors (Lipinski definition) is 8. The van der Waals surface area contributed by atoms with E-state index in [1.807, 2.05) is 0 Å². The van der Waals surface area contributed by atoms with Crippen molar-refractivity contribution in [3.8, 4) is 0 Å². The molecule has 0 bridgehead atoms. The molecule has 0 unspecified atom stereocenters. The van der Waals surface area contributed by atoms with E-state index in [0.717, 1.165) is 0 Å². The van der Waals surface area contributed by atoms with Crippen molar-refractivity contribution in [3.63, 3.8) is 0 Å². The minimum absolute atomic E-state index is 0.104. The third-order valence-corrected chi connectivity index (χ3v) is 3.36. The number of alkyl carbamates (subject to hydrolysis) is 3. The maximum atomic E-state index is 12.1. The second-order valence-electron chi connectivity index (χ2n) is 10.6. The Morgan fingerprint density at radius 3 is 1.56 bits per heavy atom. The lowest BCUT2D eigenvalue weighted by atomic mass is 10.1. The van der Waals surface area contributed by atoms with Gasteiger partial charge in [-0.2, -0.15) is 0 Å². The Balaban J connectivity index is 5.16. The van der Waals surface area contributed by atoms with Gasteiger partial charge in [0.15, 0.2) is 0 Å². The standard InChI is InChI=1S/C22H40N4O8/c1-20(2,3)32-17(29)24-14(13-15(27)28)11-10-12-23-16(25-18(30)33-21(4,5)6)26-19(31)34-22(7,8)9/h14H,10-13H2,1-9H3,(H,24,29)(H,27,28)(H2,23,25,26,30,31)/t14-/m0/s1. The minimum Gasteiger partial charge on any atom is -0.481 e. The molecule has 0 saturated heterocycles. The van der Waals surface area contributed by atoms with Gasteiger partial charge in [0.05, 0.1) is 6.42 Å². The lowest BCUT2D eigenvalue weighted by molar-refractivity contribution is -0.137. The minimum atomic E-state index is -1.08. The molecule has 0 aliphatic rings. The topological polar surface area (TPSA) is 165 Å². The van der Waals surface area contributed by atoms with Crippen molar-refractivity contribution < 1.29 is 38.5 Å². The zero-order valence-corrected chi connectivity index (χ0v) is 21.7. The van der Waals surface area contributed by atoms with Gasteiger partial charge in [-0.1, -0.05) is 0 Å². The van der Waals surface area contributed by atoms with E-state index in [1.54, 1.807) is 62.3 Å². The highest BCUT2D eigenvalue weighted by atomic mass is 16.6. The van der Waals surface area contributed by atoms with Crippen molar-refractivity contribution in [2.45, 2.75) is 104 Å². The van der Waals surface area contributed by atoms with Crippen LogP contribution in [0.4, 0.5) is 14.4 Å². The summed E-state index contributed by atoms with van der Waals surface area (Å²) in [6.45, 7) is 15.3. The molecule has 0 aromatic carbocycles. The molecule has 12 heteroatoms. The molecule has 0 spiro atoms. The number of hydrogen-bond donors (Lipinski definition) is 4. The van der Waals surface area contributed by atoms with Crippen LogP contribution in [-0.4, -0.2) is 64.7 Å². The Bertz CT molecular complexity index is 713. The van der Waals surface area contributed by atoms with E-state index in [1.165, 1.54) is 0 Å². The molecule has 0 aliphatic heterocycles. The molecule has 196 valence electrons. The van der Waals surface area contributed by atoms with Gasteiger partial charge in [-0.15, -0.1) is 0 Å².